The highest BCUT2D eigenvalue weighted by atomic mass is 79.9. The van der Waals surface area contributed by atoms with E-state index >= 15 is 0 Å². The van der Waals surface area contributed by atoms with E-state index in [4.69, 9.17) is 13.9 Å². The van der Waals surface area contributed by atoms with Crippen molar-refractivity contribution < 1.29 is 18.7 Å². The van der Waals surface area contributed by atoms with Gasteiger partial charge in [-0.25, -0.2) is 0 Å². The highest BCUT2D eigenvalue weighted by molar-refractivity contribution is 9.10. The molecule has 0 N–H and O–H groups in total. The second-order valence-electron chi connectivity index (χ2n) is 4.08. The number of aryl methyl sites for hydroxylation is 1. The number of carbonyl (C=O) groups excluding carboxylic acids is 1. The number of hydrogen-bond acceptors (Lipinski definition) is 4. The number of halogens is 1. The summed E-state index contributed by atoms with van der Waals surface area (Å²) in [6.45, 7) is 0.563. The van der Waals surface area contributed by atoms with Gasteiger partial charge in [0, 0.05) is 6.42 Å². The van der Waals surface area contributed by atoms with E-state index in [1.807, 2.05) is 30.3 Å². The van der Waals surface area contributed by atoms with Crippen LogP contribution in [0.2, 0.25) is 0 Å². The van der Waals surface area contributed by atoms with Gasteiger partial charge in [-0.3, -0.25) is 4.79 Å². The SMILES string of the molecule is O=C(CCc1ccco1)OCCOc1ccccc1Br. The third-order valence-corrected chi connectivity index (χ3v) is 3.25. The van der Waals surface area contributed by atoms with Gasteiger partial charge in [0.2, 0.25) is 0 Å². The predicted molar refractivity (Wildman–Crippen MR) is 77.6 cm³/mol. The van der Waals surface area contributed by atoms with Crippen LogP contribution in [0, 0.1) is 0 Å². The molecule has 0 aliphatic carbocycles. The Morgan fingerprint density at radius 2 is 2.00 bits per heavy atom. The standard InChI is InChI=1S/C15H15BrO4/c16-13-5-1-2-6-14(13)19-10-11-20-15(17)8-7-12-4-3-9-18-12/h1-6,9H,7-8,10-11H2. The number of furan rings is 1. The largest absolute Gasteiger partial charge is 0.489 e. The number of ether oxygens (including phenoxy) is 2. The lowest BCUT2D eigenvalue weighted by Gasteiger charge is -2.08. The number of esters is 1. The van der Waals surface area contributed by atoms with E-state index in [1.54, 1.807) is 12.3 Å². The molecule has 0 unspecified atom stereocenters. The first-order valence-corrected chi connectivity index (χ1v) is 7.10. The van der Waals surface area contributed by atoms with Crippen LogP contribution in [-0.4, -0.2) is 19.2 Å². The second kappa shape index (κ2) is 7.75. The molecular weight excluding hydrogens is 324 g/mol. The molecule has 1 heterocycles. The van der Waals surface area contributed by atoms with Crippen molar-refractivity contribution in [1.29, 1.82) is 0 Å². The fraction of sp³-hybridized carbons (Fsp3) is 0.267. The topological polar surface area (TPSA) is 48.7 Å². The van der Waals surface area contributed by atoms with Crippen LogP contribution >= 0.6 is 15.9 Å². The fourth-order valence-corrected chi connectivity index (χ4v) is 2.02. The van der Waals surface area contributed by atoms with Gasteiger partial charge in [-0.05, 0) is 40.2 Å². The van der Waals surface area contributed by atoms with Gasteiger partial charge in [0.25, 0.3) is 0 Å². The minimum atomic E-state index is -0.253. The van der Waals surface area contributed by atoms with Crippen LogP contribution in [0.3, 0.4) is 0 Å². The molecule has 0 amide bonds. The number of rotatable bonds is 7. The molecule has 1 aromatic heterocycles. The highest BCUT2D eigenvalue weighted by Crippen LogP contribution is 2.23. The van der Waals surface area contributed by atoms with Gasteiger partial charge < -0.3 is 13.9 Å². The summed E-state index contributed by atoms with van der Waals surface area (Å²) in [5, 5.41) is 0. The molecule has 0 fully saturated rings. The van der Waals surface area contributed by atoms with Crippen LogP contribution < -0.4 is 4.74 Å². The Labute approximate surface area is 125 Å². The molecule has 0 saturated carbocycles. The van der Waals surface area contributed by atoms with E-state index in [0.29, 0.717) is 19.4 Å². The summed E-state index contributed by atoms with van der Waals surface area (Å²) < 4.78 is 16.6. The molecule has 0 radical (unpaired) electrons. The maximum absolute atomic E-state index is 11.5. The third-order valence-electron chi connectivity index (χ3n) is 2.60. The van der Waals surface area contributed by atoms with Crippen molar-refractivity contribution >= 4 is 21.9 Å². The van der Waals surface area contributed by atoms with Crippen LogP contribution in [0.5, 0.6) is 5.75 Å². The first-order chi connectivity index (χ1) is 9.75. The molecule has 0 bridgehead atoms. The maximum atomic E-state index is 11.5. The van der Waals surface area contributed by atoms with Crippen LogP contribution in [0.25, 0.3) is 0 Å². The zero-order valence-electron chi connectivity index (χ0n) is 10.9. The van der Waals surface area contributed by atoms with Gasteiger partial charge in [-0.2, -0.15) is 0 Å². The van der Waals surface area contributed by atoms with Crippen molar-refractivity contribution in [2.24, 2.45) is 0 Å². The summed E-state index contributed by atoms with van der Waals surface area (Å²) in [5.41, 5.74) is 0. The van der Waals surface area contributed by atoms with E-state index in [9.17, 15) is 4.79 Å². The van der Waals surface area contributed by atoms with Crippen molar-refractivity contribution in [3.63, 3.8) is 0 Å². The summed E-state index contributed by atoms with van der Waals surface area (Å²) in [6, 6.07) is 11.2. The Balaban J connectivity index is 1.61. The molecule has 20 heavy (non-hydrogen) atoms. The van der Waals surface area contributed by atoms with Gasteiger partial charge in [0.1, 0.15) is 24.7 Å². The normalized spacial score (nSPS) is 10.2. The van der Waals surface area contributed by atoms with E-state index < -0.39 is 0 Å². The number of carbonyl (C=O) groups is 1. The average Bonchev–Trinajstić information content (AvgIpc) is 2.96. The molecule has 0 saturated heterocycles. The lowest BCUT2D eigenvalue weighted by molar-refractivity contribution is -0.144. The molecule has 106 valence electrons. The zero-order chi connectivity index (χ0) is 14.2. The summed E-state index contributed by atoms with van der Waals surface area (Å²) >= 11 is 3.38. The fourth-order valence-electron chi connectivity index (χ4n) is 1.62. The van der Waals surface area contributed by atoms with Crippen molar-refractivity contribution in [3.8, 4) is 5.75 Å². The Hall–Kier alpha value is -1.75. The Morgan fingerprint density at radius 1 is 1.15 bits per heavy atom. The van der Waals surface area contributed by atoms with Gasteiger partial charge in [-0.1, -0.05) is 12.1 Å². The van der Waals surface area contributed by atoms with E-state index in [2.05, 4.69) is 15.9 Å². The van der Waals surface area contributed by atoms with E-state index in [1.165, 1.54) is 0 Å². The van der Waals surface area contributed by atoms with Crippen molar-refractivity contribution in [2.75, 3.05) is 13.2 Å². The first kappa shape index (κ1) is 14.7. The Bertz CT molecular complexity index is 537. The monoisotopic (exact) mass is 338 g/mol. The van der Waals surface area contributed by atoms with E-state index in [0.717, 1.165) is 16.0 Å². The molecule has 1 aromatic carbocycles. The minimum absolute atomic E-state index is 0.234. The van der Waals surface area contributed by atoms with Crippen LogP contribution in [0.4, 0.5) is 0 Å². The van der Waals surface area contributed by atoms with Crippen LogP contribution in [-0.2, 0) is 16.0 Å². The zero-order valence-corrected chi connectivity index (χ0v) is 12.5. The van der Waals surface area contributed by atoms with Crippen molar-refractivity contribution in [2.45, 2.75) is 12.8 Å². The average molecular weight is 339 g/mol. The molecule has 2 rings (SSSR count). The second-order valence-corrected chi connectivity index (χ2v) is 4.93. The molecular formula is C15H15BrO4. The molecule has 4 nitrogen and oxygen atoms in total. The first-order valence-electron chi connectivity index (χ1n) is 6.31. The molecule has 0 atom stereocenters. The quantitative estimate of drug-likeness (QED) is 0.571. The predicted octanol–water partition coefficient (Wildman–Crippen LogP) is 3.60. The Morgan fingerprint density at radius 3 is 2.75 bits per heavy atom. The molecule has 0 spiro atoms. The molecule has 2 aromatic rings. The van der Waals surface area contributed by atoms with E-state index in [-0.39, 0.29) is 12.6 Å². The summed E-state index contributed by atoms with van der Waals surface area (Å²) in [4.78, 5) is 11.5. The Kier molecular flexibility index (Phi) is 5.68. The number of hydrogen-bond donors (Lipinski definition) is 0. The van der Waals surface area contributed by atoms with Gasteiger partial charge >= 0.3 is 5.97 Å². The van der Waals surface area contributed by atoms with Gasteiger partial charge in [0.05, 0.1) is 17.2 Å². The molecule has 5 heteroatoms. The maximum Gasteiger partial charge on any atom is 0.306 e. The summed E-state index contributed by atoms with van der Waals surface area (Å²) in [6.07, 6.45) is 2.45. The van der Waals surface area contributed by atoms with Gasteiger partial charge in [0.15, 0.2) is 0 Å². The lowest BCUT2D eigenvalue weighted by Crippen LogP contribution is -2.12. The lowest BCUT2D eigenvalue weighted by atomic mass is 10.2. The molecule has 0 aliphatic rings. The number of benzene rings is 1. The number of para-hydroxylation sites is 1. The van der Waals surface area contributed by atoms with Crippen molar-refractivity contribution in [3.05, 3.63) is 52.9 Å². The smallest absolute Gasteiger partial charge is 0.306 e. The van der Waals surface area contributed by atoms with Crippen LogP contribution in [0.15, 0.2) is 51.6 Å². The summed E-state index contributed by atoms with van der Waals surface area (Å²) in [5.74, 6) is 1.27. The van der Waals surface area contributed by atoms with Crippen LogP contribution in [0.1, 0.15) is 12.2 Å². The highest BCUT2D eigenvalue weighted by Gasteiger charge is 2.05. The summed E-state index contributed by atoms with van der Waals surface area (Å²) in [7, 11) is 0. The van der Waals surface area contributed by atoms with Crippen molar-refractivity contribution in [1.82, 2.24) is 0 Å². The minimum Gasteiger partial charge on any atom is -0.489 e. The third kappa shape index (κ3) is 4.74. The molecule has 0 aliphatic heterocycles. The van der Waals surface area contributed by atoms with Gasteiger partial charge in [-0.15, -0.1) is 0 Å².